The fourth-order valence-corrected chi connectivity index (χ4v) is 0. The van der Waals surface area contributed by atoms with E-state index in [1.165, 1.54) is 6.92 Å². The monoisotopic (exact) mass is 228 g/mol. The number of carboxylic acids is 1. The Labute approximate surface area is 91.6 Å². The molecule has 0 aromatic rings. The Balaban J connectivity index is -0.0000000200. The van der Waals surface area contributed by atoms with E-state index in [4.69, 9.17) is 24.9 Å². The number of aliphatic hydroxyl groups excluding tert-OH is 2. The summed E-state index contributed by atoms with van der Waals surface area (Å²) in [5.74, 6) is -1.19. The van der Waals surface area contributed by atoms with Crippen molar-refractivity contribution in [2.75, 3.05) is 6.61 Å². The summed E-state index contributed by atoms with van der Waals surface area (Å²) in [4.78, 5) is 25.7. The zero-order valence-corrected chi connectivity index (χ0v) is 6.85. The summed E-state index contributed by atoms with van der Waals surface area (Å²) < 4.78 is 0. The normalized spacial score (nSPS) is 7.20. The van der Waals surface area contributed by atoms with Crippen molar-refractivity contribution in [1.29, 1.82) is 0 Å². The summed E-state index contributed by atoms with van der Waals surface area (Å²) in [5, 5.41) is 23.3. The molecule has 0 rings (SSSR count). The molecule has 0 aliphatic rings. The Morgan fingerprint density at radius 2 is 1.33 bits per heavy atom. The summed E-state index contributed by atoms with van der Waals surface area (Å²) in [6, 6.07) is 0. The Hall–Kier alpha value is -1.23. The van der Waals surface area contributed by atoms with Crippen LogP contribution in [-0.4, -0.2) is 40.2 Å². The van der Waals surface area contributed by atoms with Crippen molar-refractivity contribution in [2.24, 2.45) is 0 Å². The molecule has 0 bridgehead atoms. The van der Waals surface area contributed by atoms with Crippen molar-refractivity contribution >= 4 is 12.1 Å². The van der Waals surface area contributed by atoms with E-state index in [1.54, 1.807) is 6.92 Å². The molecule has 0 fully saturated rings. The first kappa shape index (κ1) is 37.2. The van der Waals surface area contributed by atoms with Crippen LogP contribution in [0.25, 0.3) is 0 Å². The van der Waals surface area contributed by atoms with Gasteiger partial charge in [0, 0.05) is 6.61 Å². The predicted octanol–water partition coefficient (Wildman–Crippen LogP) is 0.775. The number of rotatable bonds is 1. The van der Waals surface area contributed by atoms with Crippen LogP contribution in [0.2, 0.25) is 0 Å². The Morgan fingerprint density at radius 1 is 1.27 bits per heavy atom. The highest BCUT2D eigenvalue weighted by molar-refractivity contribution is 5.71. The van der Waals surface area contributed by atoms with Crippen LogP contribution >= 0.6 is 0 Å². The maximum atomic E-state index is 9.45. The van der Waals surface area contributed by atoms with Gasteiger partial charge in [0.1, 0.15) is 6.10 Å². The van der Waals surface area contributed by atoms with Crippen LogP contribution in [0.4, 0.5) is 0 Å². The van der Waals surface area contributed by atoms with Crippen LogP contribution < -0.4 is 0 Å². The molecule has 0 aromatic carbocycles. The molecule has 6 nitrogen and oxygen atoms in total. The lowest BCUT2D eigenvalue weighted by molar-refractivity contribution is -0.191. The van der Waals surface area contributed by atoms with Gasteiger partial charge in [-0.1, -0.05) is 22.3 Å². The van der Waals surface area contributed by atoms with Crippen molar-refractivity contribution in [1.82, 2.24) is 0 Å². The number of carbonyl (C=O) groups is 1. The topological polar surface area (TPSA) is 112 Å². The lowest BCUT2D eigenvalue weighted by Gasteiger charge is -1.89. The lowest BCUT2D eigenvalue weighted by Crippen LogP contribution is -2.13. The van der Waals surface area contributed by atoms with Gasteiger partial charge in [-0.2, -0.15) is 9.59 Å². The molecule has 0 spiro atoms. The molecular weight excluding hydrogens is 204 g/mol. The third-order valence-electron chi connectivity index (χ3n) is 0.357. The van der Waals surface area contributed by atoms with Gasteiger partial charge < -0.3 is 15.3 Å². The van der Waals surface area contributed by atoms with Gasteiger partial charge in [0.15, 0.2) is 0 Å². The largest absolute Gasteiger partial charge is 0.479 e. The molecular formula is C9H24O6. The van der Waals surface area contributed by atoms with E-state index in [9.17, 15) is 4.79 Å². The van der Waals surface area contributed by atoms with Crippen molar-refractivity contribution in [3.63, 3.8) is 0 Å². The highest BCUT2D eigenvalue weighted by atomic mass is 16.4. The summed E-state index contributed by atoms with van der Waals surface area (Å²) in [7, 11) is 0. The first-order chi connectivity index (χ1) is 5.47. The lowest BCUT2D eigenvalue weighted by atomic mass is 10.4. The van der Waals surface area contributed by atoms with E-state index in [2.05, 4.69) is 0 Å². The number of aliphatic carboxylic acids is 1. The first-order valence-corrected chi connectivity index (χ1v) is 2.98. The van der Waals surface area contributed by atoms with Crippen LogP contribution in [0.3, 0.4) is 0 Å². The quantitative estimate of drug-likeness (QED) is 0.611. The third-order valence-corrected chi connectivity index (χ3v) is 0.357. The smallest absolute Gasteiger partial charge is 0.373 e. The van der Waals surface area contributed by atoms with Crippen molar-refractivity contribution in [2.45, 2.75) is 42.2 Å². The van der Waals surface area contributed by atoms with E-state index in [1.807, 2.05) is 0 Å². The highest BCUT2D eigenvalue weighted by Gasteiger charge is 2.01. The molecule has 0 aliphatic heterocycles. The molecule has 6 heteroatoms. The van der Waals surface area contributed by atoms with Crippen molar-refractivity contribution in [3.8, 4) is 0 Å². The Bertz CT molecular complexity index is 127. The molecule has 96 valence electrons. The second-order valence-electron chi connectivity index (χ2n) is 1.41. The minimum atomic E-state index is -1.23. The second kappa shape index (κ2) is 38.6. The zero-order valence-electron chi connectivity index (χ0n) is 6.85. The summed E-state index contributed by atoms with van der Waals surface area (Å²) in [6.45, 7) is 3.13. The first-order valence-electron chi connectivity index (χ1n) is 2.98. The van der Waals surface area contributed by atoms with Gasteiger partial charge >= 0.3 is 12.1 Å². The van der Waals surface area contributed by atoms with Crippen molar-refractivity contribution in [3.05, 3.63) is 0 Å². The fraction of sp³-hybridized carbons (Fsp3) is 0.778. The van der Waals surface area contributed by atoms with E-state index in [0.29, 0.717) is 0 Å². The molecule has 1 unspecified atom stereocenters. The van der Waals surface area contributed by atoms with Gasteiger partial charge in [0.05, 0.1) is 0 Å². The van der Waals surface area contributed by atoms with Gasteiger partial charge in [-0.3, -0.25) is 0 Å². The van der Waals surface area contributed by atoms with E-state index >= 15 is 0 Å². The molecule has 0 amide bonds. The van der Waals surface area contributed by atoms with Gasteiger partial charge in [-0.15, -0.1) is 0 Å². The molecule has 0 heterocycles. The SMILES string of the molecule is C.C.C.CC(O)C(=O)O.CCO.O=C=O. The Morgan fingerprint density at radius 3 is 1.33 bits per heavy atom. The molecule has 0 saturated heterocycles. The van der Waals surface area contributed by atoms with Gasteiger partial charge in [-0.05, 0) is 13.8 Å². The second-order valence-corrected chi connectivity index (χ2v) is 1.41. The highest BCUT2D eigenvalue weighted by Crippen LogP contribution is 1.73. The van der Waals surface area contributed by atoms with E-state index in [0.717, 1.165) is 0 Å². The average Bonchev–Trinajstić information content (AvgIpc) is 1.90. The molecule has 15 heavy (non-hydrogen) atoms. The number of aliphatic hydroxyl groups is 2. The summed E-state index contributed by atoms with van der Waals surface area (Å²) in [5.41, 5.74) is 0. The Kier molecular flexibility index (Phi) is 95.7. The maximum Gasteiger partial charge on any atom is 0.373 e. The summed E-state index contributed by atoms with van der Waals surface area (Å²) >= 11 is 0. The minimum Gasteiger partial charge on any atom is -0.479 e. The summed E-state index contributed by atoms with van der Waals surface area (Å²) in [6.07, 6.45) is -0.981. The average molecular weight is 228 g/mol. The number of hydrogen-bond acceptors (Lipinski definition) is 5. The van der Waals surface area contributed by atoms with Crippen LogP contribution in [0.5, 0.6) is 0 Å². The predicted molar refractivity (Wildman–Crippen MR) is 57.3 cm³/mol. The van der Waals surface area contributed by atoms with Crippen LogP contribution in [0.15, 0.2) is 0 Å². The number of hydrogen-bond donors (Lipinski definition) is 3. The number of carbonyl (C=O) groups excluding carboxylic acids is 2. The van der Waals surface area contributed by atoms with Crippen LogP contribution in [0.1, 0.15) is 36.1 Å². The van der Waals surface area contributed by atoms with E-state index in [-0.39, 0.29) is 35.0 Å². The number of carboxylic acid groups (broad SMARTS) is 1. The van der Waals surface area contributed by atoms with Crippen LogP contribution in [-0.2, 0) is 14.4 Å². The molecule has 3 N–H and O–H groups in total. The van der Waals surface area contributed by atoms with Gasteiger partial charge in [-0.25, -0.2) is 4.79 Å². The van der Waals surface area contributed by atoms with Crippen LogP contribution in [0, 0.1) is 0 Å². The molecule has 0 aromatic heterocycles. The van der Waals surface area contributed by atoms with Crippen molar-refractivity contribution < 1.29 is 29.7 Å². The van der Waals surface area contributed by atoms with E-state index < -0.39 is 12.1 Å². The third kappa shape index (κ3) is 193. The molecule has 0 radical (unpaired) electrons. The maximum absolute atomic E-state index is 9.45. The zero-order chi connectivity index (χ0) is 10.6. The minimum absolute atomic E-state index is 0. The molecule has 0 aliphatic carbocycles. The standard InChI is InChI=1S/C3H6O3.C2H6O.CO2.3CH4/c1-2(4)3(5)6;1-2-3;2-1-3;;;/h2,4H,1H3,(H,5,6);3H,2H2,1H3;;3*1H4. The fourth-order valence-electron chi connectivity index (χ4n) is 0. The van der Waals surface area contributed by atoms with Gasteiger partial charge in [0.2, 0.25) is 0 Å². The molecule has 1 atom stereocenters. The van der Waals surface area contributed by atoms with Gasteiger partial charge in [0.25, 0.3) is 0 Å². The molecule has 0 saturated carbocycles.